The number of tetrazole rings is 1. The molecule has 0 aliphatic heterocycles. The molecular formula is C29H36N6O. The van der Waals surface area contributed by atoms with Crippen LogP contribution in [0.2, 0.25) is 0 Å². The molecule has 2 aromatic carbocycles. The van der Waals surface area contributed by atoms with E-state index < -0.39 is 0 Å². The van der Waals surface area contributed by atoms with Crippen molar-refractivity contribution in [1.82, 2.24) is 30.1 Å². The van der Waals surface area contributed by atoms with E-state index in [4.69, 9.17) is 0 Å². The van der Waals surface area contributed by atoms with Gasteiger partial charge in [0.2, 0.25) is 0 Å². The van der Waals surface area contributed by atoms with Crippen LogP contribution in [0.15, 0.2) is 53.3 Å². The van der Waals surface area contributed by atoms with Crippen LogP contribution in [0.4, 0.5) is 0 Å². The summed E-state index contributed by atoms with van der Waals surface area (Å²) in [4.78, 5) is 18.7. The zero-order valence-electron chi connectivity index (χ0n) is 21.6. The molecule has 4 aromatic rings. The number of nitrogens with one attached hydrogen (secondary N) is 1. The molecule has 0 radical (unpaired) electrons. The minimum Gasteiger partial charge on any atom is -0.322 e. The summed E-state index contributed by atoms with van der Waals surface area (Å²) in [5.74, 6) is 0.918. The highest BCUT2D eigenvalue weighted by molar-refractivity contribution is 5.80. The molecule has 5 rings (SSSR count). The molecule has 1 saturated carbocycles. The molecule has 1 aliphatic rings. The third-order valence-electron chi connectivity index (χ3n) is 7.75. The molecule has 2 aromatic heterocycles. The van der Waals surface area contributed by atoms with Gasteiger partial charge in [0, 0.05) is 24.2 Å². The number of fused-ring (bicyclic) bond motifs is 1. The fourth-order valence-corrected chi connectivity index (χ4v) is 5.55. The van der Waals surface area contributed by atoms with Gasteiger partial charge in [-0.3, -0.25) is 9.69 Å². The van der Waals surface area contributed by atoms with Gasteiger partial charge in [0.15, 0.2) is 5.82 Å². The Hall–Kier alpha value is -3.32. The maximum Gasteiger partial charge on any atom is 0.252 e. The standard InChI is InChI=1S/C29H36N6O/c1-4-27(28-31-32-33-35(28)25-12-8-9-13-25)34(15-14-22-10-6-5-7-11-22)19-24-18-23-16-20(2)21(3)17-26(23)30-29(24)36/h5-7,10-11,16-18,25,27H,4,8-9,12-15,19H2,1-3H3,(H,30,36). The Morgan fingerprint density at radius 3 is 2.58 bits per heavy atom. The predicted octanol–water partition coefficient (Wildman–Crippen LogP) is 5.44. The zero-order valence-corrected chi connectivity index (χ0v) is 21.6. The number of hydrogen-bond donors (Lipinski definition) is 1. The molecule has 36 heavy (non-hydrogen) atoms. The van der Waals surface area contributed by atoms with Gasteiger partial charge in [0.1, 0.15) is 0 Å². The van der Waals surface area contributed by atoms with Crippen LogP contribution < -0.4 is 5.56 Å². The third kappa shape index (κ3) is 5.12. The number of aryl methyl sites for hydroxylation is 2. The SMILES string of the molecule is CCC(c1nnnn1C1CCCC1)N(CCc1ccccc1)Cc1cc2cc(C)c(C)cc2[nH]c1=O. The van der Waals surface area contributed by atoms with Crippen LogP contribution in [-0.2, 0) is 13.0 Å². The number of pyridine rings is 1. The van der Waals surface area contributed by atoms with Gasteiger partial charge in [0.25, 0.3) is 5.56 Å². The van der Waals surface area contributed by atoms with Crippen molar-refractivity contribution in [2.75, 3.05) is 6.54 Å². The molecule has 1 aliphatic carbocycles. The first kappa shape index (κ1) is 24.4. The van der Waals surface area contributed by atoms with Crippen LogP contribution in [0, 0.1) is 13.8 Å². The van der Waals surface area contributed by atoms with Crippen molar-refractivity contribution in [3.63, 3.8) is 0 Å². The van der Waals surface area contributed by atoms with Crippen molar-refractivity contribution in [2.24, 2.45) is 0 Å². The van der Waals surface area contributed by atoms with Crippen LogP contribution in [0.1, 0.15) is 79.2 Å². The zero-order chi connectivity index (χ0) is 25.1. The molecule has 1 atom stereocenters. The summed E-state index contributed by atoms with van der Waals surface area (Å²) < 4.78 is 2.06. The Labute approximate surface area is 212 Å². The Kier molecular flexibility index (Phi) is 7.28. The molecule has 7 heteroatoms. The number of benzene rings is 2. The van der Waals surface area contributed by atoms with Crippen molar-refractivity contribution in [3.8, 4) is 0 Å². The number of nitrogens with zero attached hydrogens (tertiary/aromatic N) is 5. The summed E-state index contributed by atoms with van der Waals surface area (Å²) in [6, 6.07) is 17.2. The van der Waals surface area contributed by atoms with E-state index in [-0.39, 0.29) is 11.6 Å². The lowest BCUT2D eigenvalue weighted by Crippen LogP contribution is -2.34. The maximum atomic E-state index is 13.2. The van der Waals surface area contributed by atoms with E-state index in [0.717, 1.165) is 54.5 Å². The first-order valence-corrected chi connectivity index (χ1v) is 13.2. The molecule has 2 heterocycles. The normalized spacial score (nSPS) is 15.2. The lowest BCUT2D eigenvalue weighted by Gasteiger charge is -2.31. The Bertz CT molecular complexity index is 1370. The molecule has 1 N–H and O–H groups in total. The van der Waals surface area contributed by atoms with Crippen molar-refractivity contribution < 1.29 is 0 Å². The molecule has 188 valence electrons. The molecule has 1 unspecified atom stereocenters. The average Bonchev–Trinajstić information content (AvgIpc) is 3.57. The quantitative estimate of drug-likeness (QED) is 0.342. The molecule has 0 bridgehead atoms. The summed E-state index contributed by atoms with van der Waals surface area (Å²) in [5, 5.41) is 14.1. The largest absolute Gasteiger partial charge is 0.322 e. The Morgan fingerprint density at radius 2 is 1.83 bits per heavy atom. The summed E-state index contributed by atoms with van der Waals surface area (Å²) in [5.41, 5.74) is 5.33. The number of H-pyrrole nitrogens is 1. The van der Waals surface area contributed by atoms with E-state index in [1.165, 1.54) is 29.5 Å². The molecular weight excluding hydrogens is 448 g/mol. The van der Waals surface area contributed by atoms with Crippen molar-refractivity contribution >= 4 is 10.9 Å². The van der Waals surface area contributed by atoms with Gasteiger partial charge in [-0.15, -0.1) is 5.10 Å². The van der Waals surface area contributed by atoms with Crippen LogP contribution in [0.3, 0.4) is 0 Å². The summed E-state index contributed by atoms with van der Waals surface area (Å²) in [6.45, 7) is 7.73. The number of hydrogen-bond acceptors (Lipinski definition) is 5. The van der Waals surface area contributed by atoms with Crippen LogP contribution >= 0.6 is 0 Å². The minimum atomic E-state index is -0.0271. The highest BCUT2D eigenvalue weighted by Crippen LogP contribution is 2.33. The van der Waals surface area contributed by atoms with Gasteiger partial charge in [-0.1, -0.05) is 50.1 Å². The minimum absolute atomic E-state index is 0.0270. The van der Waals surface area contributed by atoms with E-state index in [9.17, 15) is 4.79 Å². The summed E-state index contributed by atoms with van der Waals surface area (Å²) in [6.07, 6.45) is 6.47. The van der Waals surface area contributed by atoms with Gasteiger partial charge in [-0.2, -0.15) is 0 Å². The Morgan fingerprint density at radius 1 is 1.08 bits per heavy atom. The van der Waals surface area contributed by atoms with Crippen LogP contribution in [0.5, 0.6) is 0 Å². The fourth-order valence-electron chi connectivity index (χ4n) is 5.55. The smallest absolute Gasteiger partial charge is 0.252 e. The van der Waals surface area contributed by atoms with Gasteiger partial charge in [-0.25, -0.2) is 4.68 Å². The lowest BCUT2D eigenvalue weighted by atomic mass is 10.0. The van der Waals surface area contributed by atoms with E-state index in [2.05, 4.69) is 93.3 Å². The first-order valence-electron chi connectivity index (χ1n) is 13.2. The van der Waals surface area contributed by atoms with Gasteiger partial charge in [0.05, 0.1) is 12.1 Å². The Balaban J connectivity index is 1.50. The van der Waals surface area contributed by atoms with Crippen LogP contribution in [0.25, 0.3) is 10.9 Å². The molecule has 0 amide bonds. The van der Waals surface area contributed by atoms with E-state index >= 15 is 0 Å². The predicted molar refractivity (Wildman–Crippen MR) is 143 cm³/mol. The van der Waals surface area contributed by atoms with Crippen LogP contribution in [-0.4, -0.2) is 36.6 Å². The highest BCUT2D eigenvalue weighted by atomic mass is 16.1. The van der Waals surface area contributed by atoms with Gasteiger partial charge >= 0.3 is 0 Å². The second kappa shape index (κ2) is 10.7. The van der Waals surface area contributed by atoms with Gasteiger partial charge in [-0.05, 0) is 90.2 Å². The second-order valence-corrected chi connectivity index (χ2v) is 10.2. The number of aromatic nitrogens is 5. The van der Waals surface area contributed by atoms with Crippen molar-refractivity contribution in [2.45, 2.75) is 77.9 Å². The molecule has 7 nitrogen and oxygen atoms in total. The van der Waals surface area contributed by atoms with E-state index in [0.29, 0.717) is 12.6 Å². The molecule has 0 spiro atoms. The van der Waals surface area contributed by atoms with E-state index in [1.54, 1.807) is 0 Å². The molecule has 0 saturated heterocycles. The topological polar surface area (TPSA) is 79.7 Å². The third-order valence-corrected chi connectivity index (χ3v) is 7.75. The monoisotopic (exact) mass is 484 g/mol. The summed E-state index contributed by atoms with van der Waals surface area (Å²) >= 11 is 0. The van der Waals surface area contributed by atoms with Crippen molar-refractivity contribution in [1.29, 1.82) is 0 Å². The van der Waals surface area contributed by atoms with Crippen molar-refractivity contribution in [3.05, 3.63) is 87.0 Å². The second-order valence-electron chi connectivity index (χ2n) is 10.2. The lowest BCUT2D eigenvalue weighted by molar-refractivity contribution is 0.169. The average molecular weight is 485 g/mol. The van der Waals surface area contributed by atoms with E-state index in [1.807, 2.05) is 6.07 Å². The first-order chi connectivity index (χ1) is 17.5. The molecule has 1 fully saturated rings. The summed E-state index contributed by atoms with van der Waals surface area (Å²) in [7, 11) is 0. The number of rotatable bonds is 9. The van der Waals surface area contributed by atoms with Gasteiger partial charge < -0.3 is 4.98 Å². The number of aromatic amines is 1. The fraction of sp³-hybridized carbons (Fsp3) is 0.448. The highest BCUT2D eigenvalue weighted by Gasteiger charge is 2.29. The maximum absolute atomic E-state index is 13.2.